The van der Waals surface area contributed by atoms with Crippen molar-refractivity contribution in [3.63, 3.8) is 0 Å². The first kappa shape index (κ1) is 44.6. The van der Waals surface area contributed by atoms with Gasteiger partial charge in [-0.2, -0.15) is 0 Å². The zero-order valence-electron chi connectivity index (χ0n) is 31.2. The fourth-order valence-electron chi connectivity index (χ4n) is 6.25. The Morgan fingerprint density at radius 3 is 1.17 bits per heavy atom. The second-order valence-electron chi connectivity index (χ2n) is 14.0. The molecule has 0 spiro atoms. The molecule has 0 heterocycles. The lowest BCUT2D eigenvalue weighted by Gasteiger charge is -2.17. The standard InChI is InChI=1S/C41H78O5/c1-4-7-10-21-28-36-45-40(43)33-26-19-15-13-14-17-24-31-39(42)32-25-18-16-20-27-34-41(44)46-37-35-38(29-22-11-8-5-2)30-23-12-9-6-3/h38H,4-37H2,1-3H3. The summed E-state index contributed by atoms with van der Waals surface area (Å²) < 4.78 is 10.9. The number of ketones is 1. The van der Waals surface area contributed by atoms with Crippen LogP contribution >= 0.6 is 0 Å². The summed E-state index contributed by atoms with van der Waals surface area (Å²) in [7, 11) is 0. The van der Waals surface area contributed by atoms with E-state index in [1.165, 1.54) is 96.3 Å². The molecule has 0 rings (SSSR count). The Morgan fingerprint density at radius 1 is 0.370 bits per heavy atom. The zero-order valence-corrected chi connectivity index (χ0v) is 31.2. The molecule has 0 aliphatic carbocycles. The van der Waals surface area contributed by atoms with Gasteiger partial charge in [-0.25, -0.2) is 0 Å². The summed E-state index contributed by atoms with van der Waals surface area (Å²) in [6.45, 7) is 7.90. The number of esters is 2. The number of rotatable bonds is 37. The van der Waals surface area contributed by atoms with Gasteiger partial charge in [0.2, 0.25) is 0 Å². The molecule has 272 valence electrons. The molecule has 0 aromatic heterocycles. The monoisotopic (exact) mass is 651 g/mol. The van der Waals surface area contributed by atoms with E-state index in [-0.39, 0.29) is 11.9 Å². The summed E-state index contributed by atoms with van der Waals surface area (Å²) in [5.41, 5.74) is 0. The van der Waals surface area contributed by atoms with Gasteiger partial charge in [0.15, 0.2) is 0 Å². The minimum atomic E-state index is -0.0377. The van der Waals surface area contributed by atoms with Crippen LogP contribution in [0, 0.1) is 5.92 Å². The second-order valence-corrected chi connectivity index (χ2v) is 14.0. The summed E-state index contributed by atoms with van der Waals surface area (Å²) in [6, 6.07) is 0. The fraction of sp³-hybridized carbons (Fsp3) is 0.927. The third kappa shape index (κ3) is 34.0. The van der Waals surface area contributed by atoms with Gasteiger partial charge in [-0.3, -0.25) is 14.4 Å². The van der Waals surface area contributed by atoms with Gasteiger partial charge >= 0.3 is 11.9 Å². The summed E-state index contributed by atoms with van der Waals surface area (Å²) in [6.07, 6.45) is 35.3. The topological polar surface area (TPSA) is 69.7 Å². The van der Waals surface area contributed by atoms with E-state index in [1.54, 1.807) is 0 Å². The molecule has 0 aromatic rings. The molecule has 0 aromatic carbocycles. The average Bonchev–Trinajstić information content (AvgIpc) is 3.05. The molecule has 0 saturated carbocycles. The van der Waals surface area contributed by atoms with Gasteiger partial charge in [-0.1, -0.05) is 162 Å². The predicted molar refractivity (Wildman–Crippen MR) is 195 cm³/mol. The fourth-order valence-corrected chi connectivity index (χ4v) is 6.25. The van der Waals surface area contributed by atoms with Crippen LogP contribution in [0.3, 0.4) is 0 Å². The largest absolute Gasteiger partial charge is 0.466 e. The van der Waals surface area contributed by atoms with Gasteiger partial charge in [-0.05, 0) is 44.4 Å². The Hall–Kier alpha value is -1.39. The Balaban J connectivity index is 3.58. The maximum absolute atomic E-state index is 12.2. The third-order valence-corrected chi connectivity index (χ3v) is 9.40. The Labute approximate surface area is 286 Å². The summed E-state index contributed by atoms with van der Waals surface area (Å²) >= 11 is 0. The third-order valence-electron chi connectivity index (χ3n) is 9.40. The molecule has 0 saturated heterocycles. The van der Waals surface area contributed by atoms with Gasteiger partial charge in [-0.15, -0.1) is 0 Å². The van der Waals surface area contributed by atoms with Crippen LogP contribution in [0.2, 0.25) is 0 Å². The van der Waals surface area contributed by atoms with E-state index in [0.29, 0.717) is 50.6 Å². The SMILES string of the molecule is CCCCCCCOC(=O)CCCCCCCCCC(=O)CCCCCCCC(=O)OCCC(CCCCCC)CCCCCC. The van der Waals surface area contributed by atoms with Crippen LogP contribution in [-0.2, 0) is 23.9 Å². The van der Waals surface area contributed by atoms with E-state index in [9.17, 15) is 14.4 Å². The molecule has 0 atom stereocenters. The first-order valence-electron chi connectivity index (χ1n) is 20.4. The maximum Gasteiger partial charge on any atom is 0.305 e. The highest BCUT2D eigenvalue weighted by molar-refractivity contribution is 5.78. The lowest BCUT2D eigenvalue weighted by Crippen LogP contribution is -2.10. The molecule has 0 aliphatic rings. The molecule has 0 radical (unpaired) electrons. The van der Waals surface area contributed by atoms with E-state index in [4.69, 9.17) is 9.47 Å². The number of carbonyl (C=O) groups is 3. The van der Waals surface area contributed by atoms with E-state index in [1.807, 2.05) is 0 Å². The molecule has 46 heavy (non-hydrogen) atoms. The number of unbranched alkanes of at least 4 members (excludes halogenated alkanes) is 20. The van der Waals surface area contributed by atoms with Gasteiger partial charge in [0.05, 0.1) is 13.2 Å². The van der Waals surface area contributed by atoms with E-state index in [0.717, 1.165) is 83.5 Å². The highest BCUT2D eigenvalue weighted by Gasteiger charge is 2.11. The van der Waals surface area contributed by atoms with Gasteiger partial charge in [0, 0.05) is 25.7 Å². The quantitative estimate of drug-likeness (QED) is 0.0494. The van der Waals surface area contributed by atoms with E-state index >= 15 is 0 Å². The van der Waals surface area contributed by atoms with Gasteiger partial charge in [0.25, 0.3) is 0 Å². The zero-order chi connectivity index (χ0) is 33.8. The number of ether oxygens (including phenoxy) is 2. The number of carbonyl (C=O) groups excluding carboxylic acids is 3. The van der Waals surface area contributed by atoms with Crippen molar-refractivity contribution >= 4 is 17.7 Å². The first-order valence-corrected chi connectivity index (χ1v) is 20.4. The lowest BCUT2D eigenvalue weighted by molar-refractivity contribution is -0.145. The smallest absolute Gasteiger partial charge is 0.305 e. The highest BCUT2D eigenvalue weighted by Crippen LogP contribution is 2.22. The Bertz CT molecular complexity index is 664. The number of Topliss-reactive ketones (excluding diaryl/α,β-unsaturated/α-hetero) is 1. The van der Waals surface area contributed by atoms with Crippen molar-refractivity contribution in [2.24, 2.45) is 5.92 Å². The normalized spacial score (nSPS) is 11.3. The van der Waals surface area contributed by atoms with Crippen molar-refractivity contribution in [3.8, 4) is 0 Å². The molecule has 0 unspecified atom stereocenters. The first-order chi connectivity index (χ1) is 22.5. The molecule has 0 amide bonds. The molecule has 0 aliphatic heterocycles. The molecular weight excluding hydrogens is 572 g/mol. The molecule has 5 nitrogen and oxygen atoms in total. The molecule has 0 N–H and O–H groups in total. The molecule has 0 bridgehead atoms. The van der Waals surface area contributed by atoms with Crippen molar-refractivity contribution in [1.29, 1.82) is 0 Å². The highest BCUT2D eigenvalue weighted by atomic mass is 16.5. The average molecular weight is 651 g/mol. The Kier molecular flexibility index (Phi) is 35.3. The molecular formula is C41H78O5. The van der Waals surface area contributed by atoms with Crippen LogP contribution in [0.5, 0.6) is 0 Å². The molecule has 0 fully saturated rings. The number of hydrogen-bond donors (Lipinski definition) is 0. The van der Waals surface area contributed by atoms with Crippen molar-refractivity contribution in [1.82, 2.24) is 0 Å². The van der Waals surface area contributed by atoms with Gasteiger partial charge in [0.1, 0.15) is 5.78 Å². The summed E-state index contributed by atoms with van der Waals surface area (Å²) in [5.74, 6) is 1.04. The van der Waals surface area contributed by atoms with Crippen LogP contribution in [0.1, 0.15) is 226 Å². The minimum absolute atomic E-state index is 0.0330. The van der Waals surface area contributed by atoms with Crippen LogP contribution in [0.15, 0.2) is 0 Å². The summed E-state index contributed by atoms with van der Waals surface area (Å²) in [5, 5.41) is 0. The van der Waals surface area contributed by atoms with Crippen LogP contribution in [0.4, 0.5) is 0 Å². The van der Waals surface area contributed by atoms with Crippen LogP contribution in [-0.4, -0.2) is 30.9 Å². The lowest BCUT2D eigenvalue weighted by atomic mass is 9.92. The van der Waals surface area contributed by atoms with E-state index < -0.39 is 0 Å². The van der Waals surface area contributed by atoms with Crippen LogP contribution < -0.4 is 0 Å². The maximum atomic E-state index is 12.2. The van der Waals surface area contributed by atoms with Crippen molar-refractivity contribution in [3.05, 3.63) is 0 Å². The minimum Gasteiger partial charge on any atom is -0.466 e. The van der Waals surface area contributed by atoms with Gasteiger partial charge < -0.3 is 9.47 Å². The number of hydrogen-bond acceptors (Lipinski definition) is 5. The van der Waals surface area contributed by atoms with Crippen molar-refractivity contribution in [2.75, 3.05) is 13.2 Å². The summed E-state index contributed by atoms with van der Waals surface area (Å²) in [4.78, 5) is 36.2. The van der Waals surface area contributed by atoms with Crippen molar-refractivity contribution < 1.29 is 23.9 Å². The molecule has 5 heteroatoms. The van der Waals surface area contributed by atoms with E-state index in [2.05, 4.69) is 20.8 Å². The Morgan fingerprint density at radius 2 is 0.717 bits per heavy atom. The van der Waals surface area contributed by atoms with Crippen LogP contribution in [0.25, 0.3) is 0 Å². The van der Waals surface area contributed by atoms with Crippen molar-refractivity contribution in [2.45, 2.75) is 226 Å². The second kappa shape index (κ2) is 36.4. The predicted octanol–water partition coefficient (Wildman–Crippen LogP) is 12.8.